The van der Waals surface area contributed by atoms with Gasteiger partial charge < -0.3 is 9.47 Å². The summed E-state index contributed by atoms with van der Waals surface area (Å²) in [7, 11) is 0. The first-order chi connectivity index (χ1) is 6.83. The Hall–Kier alpha value is -0.880. The van der Waals surface area contributed by atoms with Crippen molar-refractivity contribution in [2.45, 2.75) is 31.3 Å². The second kappa shape index (κ2) is 3.05. The van der Waals surface area contributed by atoms with Gasteiger partial charge in [-0.3, -0.25) is 0 Å². The van der Waals surface area contributed by atoms with E-state index in [0.29, 0.717) is 5.57 Å². The Morgan fingerprint density at radius 1 is 1.13 bits per heavy atom. The van der Waals surface area contributed by atoms with Crippen LogP contribution in [-0.4, -0.2) is 24.4 Å². The van der Waals surface area contributed by atoms with Crippen LogP contribution < -0.4 is 0 Å². The molecule has 0 aromatic rings. The highest BCUT2D eigenvalue weighted by molar-refractivity contribution is 5.25. The molecule has 1 aliphatic heterocycles. The molecule has 2 unspecified atom stereocenters. The average Bonchev–Trinajstić information content (AvgIpc) is 2.08. The van der Waals surface area contributed by atoms with Crippen LogP contribution in [0.1, 0.15) is 6.92 Å². The van der Waals surface area contributed by atoms with Gasteiger partial charge in [-0.05, 0) is 12.5 Å². The fourth-order valence-corrected chi connectivity index (χ4v) is 1.50. The number of alkyl halides is 4. The summed E-state index contributed by atoms with van der Waals surface area (Å²) < 4.78 is 59.1. The number of allylic oxidation sites excluding steroid dienone is 2. The monoisotopic (exact) mass is 224 g/mol. The van der Waals surface area contributed by atoms with Crippen LogP contribution in [0, 0.1) is 0 Å². The van der Waals surface area contributed by atoms with Gasteiger partial charge in [-0.15, -0.1) is 0 Å². The van der Waals surface area contributed by atoms with Crippen molar-refractivity contribution in [3.8, 4) is 0 Å². The van der Waals surface area contributed by atoms with Crippen LogP contribution in [0.4, 0.5) is 17.6 Å². The number of fused-ring (bicyclic) bond motifs is 1. The third-order valence-electron chi connectivity index (χ3n) is 2.30. The lowest BCUT2D eigenvalue weighted by atomic mass is 9.99. The number of hydrogen-bond donors (Lipinski definition) is 0. The summed E-state index contributed by atoms with van der Waals surface area (Å²) in [6, 6.07) is 0. The van der Waals surface area contributed by atoms with Gasteiger partial charge in [0.05, 0.1) is 0 Å². The third-order valence-corrected chi connectivity index (χ3v) is 2.30. The van der Waals surface area contributed by atoms with Crippen LogP contribution >= 0.6 is 0 Å². The van der Waals surface area contributed by atoms with Crippen LogP contribution in [0.2, 0.25) is 0 Å². The number of hydrogen-bond acceptors (Lipinski definition) is 2. The first-order valence-corrected chi connectivity index (χ1v) is 4.30. The molecule has 1 aliphatic carbocycles. The molecule has 0 spiro atoms. The molecule has 0 amide bonds. The first kappa shape index (κ1) is 10.6. The maximum Gasteiger partial charge on any atom is 0.449 e. The van der Waals surface area contributed by atoms with E-state index in [4.69, 9.17) is 0 Å². The Morgan fingerprint density at radius 2 is 1.73 bits per heavy atom. The van der Waals surface area contributed by atoms with Gasteiger partial charge in [-0.2, -0.15) is 17.6 Å². The van der Waals surface area contributed by atoms with Gasteiger partial charge in [0.25, 0.3) is 0 Å². The summed E-state index contributed by atoms with van der Waals surface area (Å²) in [4.78, 5) is 0. The Labute approximate surface area is 83.2 Å². The summed E-state index contributed by atoms with van der Waals surface area (Å²) in [6.07, 6.45) is -7.23. The van der Waals surface area contributed by atoms with Crippen LogP contribution in [0.25, 0.3) is 0 Å². The van der Waals surface area contributed by atoms with Crippen molar-refractivity contribution >= 4 is 0 Å². The van der Waals surface area contributed by atoms with E-state index in [0.717, 1.165) is 0 Å². The van der Waals surface area contributed by atoms with Gasteiger partial charge in [0.2, 0.25) is 0 Å². The lowest BCUT2D eigenvalue weighted by Crippen LogP contribution is -2.57. The summed E-state index contributed by atoms with van der Waals surface area (Å²) in [5, 5.41) is 0. The Morgan fingerprint density at radius 3 is 2.40 bits per heavy atom. The average molecular weight is 224 g/mol. The van der Waals surface area contributed by atoms with Crippen molar-refractivity contribution in [3.63, 3.8) is 0 Å². The number of ether oxygens (including phenoxy) is 2. The highest BCUT2D eigenvalue weighted by atomic mass is 19.3. The van der Waals surface area contributed by atoms with Gasteiger partial charge in [0.1, 0.15) is 12.2 Å². The summed E-state index contributed by atoms with van der Waals surface area (Å²) in [6.45, 7) is 1.52. The molecule has 1 saturated heterocycles. The molecular formula is C9H8F4O2. The van der Waals surface area contributed by atoms with Crippen LogP contribution in [-0.2, 0) is 9.47 Å². The molecule has 15 heavy (non-hydrogen) atoms. The zero-order valence-electron chi connectivity index (χ0n) is 7.72. The molecule has 0 bridgehead atoms. The van der Waals surface area contributed by atoms with E-state index >= 15 is 0 Å². The molecule has 2 atom stereocenters. The van der Waals surface area contributed by atoms with E-state index in [1.165, 1.54) is 25.2 Å². The largest absolute Gasteiger partial charge is 0.449 e. The molecule has 2 nitrogen and oxygen atoms in total. The predicted octanol–water partition coefficient (Wildman–Crippen LogP) is 2.47. The highest BCUT2D eigenvalue weighted by Crippen LogP contribution is 2.45. The number of halogens is 4. The number of rotatable bonds is 0. The smallest absolute Gasteiger partial charge is 0.303 e. The summed E-state index contributed by atoms with van der Waals surface area (Å²) >= 11 is 0. The van der Waals surface area contributed by atoms with E-state index in [9.17, 15) is 17.6 Å². The molecule has 84 valence electrons. The van der Waals surface area contributed by atoms with Crippen molar-refractivity contribution in [1.82, 2.24) is 0 Å². The van der Waals surface area contributed by atoms with Crippen molar-refractivity contribution in [2.75, 3.05) is 0 Å². The SMILES string of the molecule is CC1=CC=CC2OC(F)(F)C(F)(F)OC12. The Balaban J connectivity index is 2.29. The lowest BCUT2D eigenvalue weighted by Gasteiger charge is -2.40. The molecule has 2 rings (SSSR count). The van der Waals surface area contributed by atoms with E-state index in [1.54, 1.807) is 0 Å². The van der Waals surface area contributed by atoms with Crippen LogP contribution in [0.15, 0.2) is 23.8 Å². The first-order valence-electron chi connectivity index (χ1n) is 4.30. The fraction of sp³-hybridized carbons (Fsp3) is 0.556. The molecule has 2 aliphatic rings. The lowest BCUT2D eigenvalue weighted by molar-refractivity contribution is -0.479. The molecular weight excluding hydrogens is 216 g/mol. The minimum atomic E-state index is -4.59. The second-order valence-electron chi connectivity index (χ2n) is 3.45. The molecule has 0 saturated carbocycles. The Kier molecular flexibility index (Phi) is 2.16. The third kappa shape index (κ3) is 1.57. The van der Waals surface area contributed by atoms with Crippen molar-refractivity contribution in [2.24, 2.45) is 0 Å². The zero-order chi connectivity index (χ0) is 11.3. The second-order valence-corrected chi connectivity index (χ2v) is 3.45. The minimum Gasteiger partial charge on any atom is -0.303 e. The molecule has 0 aromatic carbocycles. The zero-order valence-corrected chi connectivity index (χ0v) is 7.72. The molecule has 1 heterocycles. The maximum atomic E-state index is 12.8. The maximum absolute atomic E-state index is 12.8. The van der Waals surface area contributed by atoms with Crippen LogP contribution in [0.3, 0.4) is 0 Å². The Bertz CT molecular complexity index is 335. The normalized spacial score (nSPS) is 37.0. The molecule has 0 radical (unpaired) electrons. The molecule has 0 N–H and O–H groups in total. The van der Waals surface area contributed by atoms with E-state index < -0.39 is 24.4 Å². The van der Waals surface area contributed by atoms with Gasteiger partial charge in [-0.25, -0.2) is 0 Å². The summed E-state index contributed by atoms with van der Waals surface area (Å²) in [5.41, 5.74) is 0.428. The van der Waals surface area contributed by atoms with Gasteiger partial charge >= 0.3 is 12.2 Å². The van der Waals surface area contributed by atoms with E-state index in [1.807, 2.05) is 0 Å². The predicted molar refractivity (Wildman–Crippen MR) is 42.5 cm³/mol. The van der Waals surface area contributed by atoms with Gasteiger partial charge in [-0.1, -0.05) is 18.2 Å². The molecule has 1 fully saturated rings. The molecule has 6 heteroatoms. The van der Waals surface area contributed by atoms with Crippen molar-refractivity contribution in [1.29, 1.82) is 0 Å². The van der Waals surface area contributed by atoms with E-state index in [2.05, 4.69) is 9.47 Å². The van der Waals surface area contributed by atoms with Crippen molar-refractivity contribution < 1.29 is 27.0 Å². The minimum absolute atomic E-state index is 0.428. The van der Waals surface area contributed by atoms with Crippen LogP contribution in [0.5, 0.6) is 0 Å². The standard InChI is InChI=1S/C9H8F4O2/c1-5-3-2-4-6-7(5)15-9(12,13)8(10,11)14-6/h2-4,6-7H,1H3. The fourth-order valence-electron chi connectivity index (χ4n) is 1.50. The quantitative estimate of drug-likeness (QED) is 0.588. The molecule has 0 aromatic heterocycles. The van der Waals surface area contributed by atoms with Crippen molar-refractivity contribution in [3.05, 3.63) is 23.8 Å². The van der Waals surface area contributed by atoms with Gasteiger partial charge in [0, 0.05) is 0 Å². The summed E-state index contributed by atoms with van der Waals surface area (Å²) in [5.74, 6) is 0. The highest BCUT2D eigenvalue weighted by Gasteiger charge is 2.66. The topological polar surface area (TPSA) is 18.5 Å². The van der Waals surface area contributed by atoms with E-state index in [-0.39, 0.29) is 0 Å². The van der Waals surface area contributed by atoms with Gasteiger partial charge in [0.15, 0.2) is 0 Å².